The Morgan fingerprint density at radius 1 is 1.25 bits per heavy atom. The van der Waals surface area contributed by atoms with Gasteiger partial charge in [0.1, 0.15) is 6.42 Å². The summed E-state index contributed by atoms with van der Waals surface area (Å²) < 4.78 is 0. The number of amides is 2. The Balaban J connectivity index is 1.94. The lowest BCUT2D eigenvalue weighted by atomic mass is 10.1. The highest BCUT2D eigenvalue weighted by Crippen LogP contribution is 2.21. The van der Waals surface area contributed by atoms with Crippen LogP contribution in [0.1, 0.15) is 41.9 Å². The molecule has 0 aliphatic carbocycles. The molecule has 2 rings (SSSR count). The van der Waals surface area contributed by atoms with Crippen molar-refractivity contribution in [3.05, 3.63) is 45.7 Å². The highest BCUT2D eigenvalue weighted by Gasteiger charge is 2.18. The van der Waals surface area contributed by atoms with Crippen LogP contribution in [0.4, 0.5) is 5.69 Å². The summed E-state index contributed by atoms with van der Waals surface area (Å²) in [5.41, 5.74) is 4.16. The predicted octanol–water partition coefficient (Wildman–Crippen LogP) is 3.19. The van der Waals surface area contributed by atoms with E-state index in [9.17, 15) is 9.59 Å². The van der Waals surface area contributed by atoms with E-state index in [-0.39, 0.29) is 24.3 Å². The van der Waals surface area contributed by atoms with E-state index in [0.29, 0.717) is 10.7 Å². The van der Waals surface area contributed by atoms with Crippen LogP contribution in [-0.4, -0.2) is 22.0 Å². The van der Waals surface area contributed by atoms with Gasteiger partial charge in [0, 0.05) is 22.0 Å². The molecule has 1 aromatic heterocycles. The number of H-pyrrole nitrogens is 1. The zero-order valence-corrected chi connectivity index (χ0v) is 14.9. The number of halogens is 1. The van der Waals surface area contributed by atoms with Crippen LogP contribution >= 0.6 is 11.6 Å². The minimum Gasteiger partial charge on any atom is -0.349 e. The van der Waals surface area contributed by atoms with Gasteiger partial charge < -0.3 is 10.6 Å². The van der Waals surface area contributed by atoms with Gasteiger partial charge in [0.05, 0.1) is 11.7 Å². The predicted molar refractivity (Wildman–Crippen MR) is 94.1 cm³/mol. The van der Waals surface area contributed by atoms with Crippen molar-refractivity contribution in [3.63, 3.8) is 0 Å². The third kappa shape index (κ3) is 4.35. The van der Waals surface area contributed by atoms with Gasteiger partial charge in [-0.1, -0.05) is 17.7 Å². The summed E-state index contributed by atoms with van der Waals surface area (Å²) in [5, 5.41) is 13.1. The molecule has 6 nitrogen and oxygen atoms in total. The molecule has 0 bridgehead atoms. The Morgan fingerprint density at radius 2 is 1.96 bits per heavy atom. The Hall–Kier alpha value is -2.34. The van der Waals surface area contributed by atoms with Crippen LogP contribution in [0.5, 0.6) is 0 Å². The lowest BCUT2D eigenvalue weighted by Gasteiger charge is -2.15. The van der Waals surface area contributed by atoms with Crippen molar-refractivity contribution < 1.29 is 9.59 Å². The molecule has 0 aliphatic rings. The fourth-order valence-electron chi connectivity index (χ4n) is 2.63. The van der Waals surface area contributed by atoms with Crippen molar-refractivity contribution in [2.45, 2.75) is 40.2 Å². The molecule has 7 heteroatoms. The third-order valence-electron chi connectivity index (χ3n) is 3.79. The number of hydrogen-bond acceptors (Lipinski definition) is 3. The SMILES string of the molecule is Cc1ccc(Cl)cc1NC(=O)CC(=O)NC(C)c1c(C)n[nH]c1C. The van der Waals surface area contributed by atoms with Crippen molar-refractivity contribution in [1.29, 1.82) is 0 Å². The molecule has 128 valence electrons. The molecular weight excluding hydrogens is 328 g/mol. The monoisotopic (exact) mass is 348 g/mol. The Bertz CT molecular complexity index is 750. The lowest BCUT2D eigenvalue weighted by Crippen LogP contribution is -2.30. The average molecular weight is 349 g/mol. The summed E-state index contributed by atoms with van der Waals surface area (Å²) in [6.07, 6.45) is -0.258. The second-order valence-electron chi connectivity index (χ2n) is 5.82. The first kappa shape index (κ1) is 18.0. The maximum absolute atomic E-state index is 12.1. The fourth-order valence-corrected chi connectivity index (χ4v) is 2.80. The summed E-state index contributed by atoms with van der Waals surface area (Å²) in [5.74, 6) is -0.731. The standard InChI is InChI=1S/C17H21ClN4O2/c1-9-5-6-13(18)7-14(9)20-16(24)8-15(23)19-10(2)17-11(3)21-22-12(17)4/h5-7,10H,8H2,1-4H3,(H,19,23)(H,20,24)(H,21,22). The first-order valence-electron chi connectivity index (χ1n) is 7.64. The fraction of sp³-hybridized carbons (Fsp3) is 0.353. The molecule has 0 fully saturated rings. The Morgan fingerprint density at radius 3 is 2.58 bits per heavy atom. The summed E-state index contributed by atoms with van der Waals surface area (Å²) in [6.45, 7) is 7.49. The van der Waals surface area contributed by atoms with E-state index in [1.165, 1.54) is 0 Å². The molecule has 1 atom stereocenters. The van der Waals surface area contributed by atoms with Crippen LogP contribution in [0.2, 0.25) is 5.02 Å². The molecule has 1 unspecified atom stereocenters. The molecule has 0 saturated heterocycles. The minimum atomic E-state index is -0.384. The van der Waals surface area contributed by atoms with Gasteiger partial charge in [-0.05, 0) is 45.4 Å². The number of carbonyl (C=O) groups is 2. The van der Waals surface area contributed by atoms with Crippen molar-refractivity contribution in [2.75, 3.05) is 5.32 Å². The number of carbonyl (C=O) groups excluding carboxylic acids is 2. The zero-order valence-electron chi connectivity index (χ0n) is 14.2. The van der Waals surface area contributed by atoms with Gasteiger partial charge in [-0.25, -0.2) is 0 Å². The average Bonchev–Trinajstić information content (AvgIpc) is 2.81. The van der Waals surface area contributed by atoms with Gasteiger partial charge >= 0.3 is 0 Å². The normalized spacial score (nSPS) is 11.9. The molecular formula is C17H21ClN4O2. The van der Waals surface area contributed by atoms with Crippen LogP contribution in [0.15, 0.2) is 18.2 Å². The number of hydrogen-bond donors (Lipinski definition) is 3. The summed E-state index contributed by atoms with van der Waals surface area (Å²) in [6, 6.07) is 4.99. The Kier molecular flexibility index (Phi) is 5.62. The van der Waals surface area contributed by atoms with Crippen molar-refractivity contribution in [2.24, 2.45) is 0 Å². The smallest absolute Gasteiger partial charge is 0.233 e. The molecule has 2 amide bonds. The first-order chi connectivity index (χ1) is 11.3. The van der Waals surface area contributed by atoms with Crippen molar-refractivity contribution in [3.8, 4) is 0 Å². The maximum atomic E-state index is 12.1. The number of nitrogens with one attached hydrogen (secondary N) is 3. The van der Waals surface area contributed by atoms with E-state index in [1.54, 1.807) is 12.1 Å². The van der Waals surface area contributed by atoms with Crippen LogP contribution in [0.3, 0.4) is 0 Å². The molecule has 0 radical (unpaired) electrons. The van der Waals surface area contributed by atoms with E-state index < -0.39 is 0 Å². The lowest BCUT2D eigenvalue weighted by molar-refractivity contribution is -0.127. The van der Waals surface area contributed by atoms with E-state index in [2.05, 4.69) is 20.8 Å². The van der Waals surface area contributed by atoms with Gasteiger partial charge in [0.2, 0.25) is 11.8 Å². The highest BCUT2D eigenvalue weighted by molar-refractivity contribution is 6.31. The molecule has 24 heavy (non-hydrogen) atoms. The van der Waals surface area contributed by atoms with Crippen LogP contribution in [0, 0.1) is 20.8 Å². The minimum absolute atomic E-state index is 0.225. The Labute approximate surface area is 146 Å². The number of aromatic amines is 1. The zero-order chi connectivity index (χ0) is 17.9. The molecule has 0 spiro atoms. The number of aryl methyl sites for hydroxylation is 3. The van der Waals surface area contributed by atoms with E-state index in [1.807, 2.05) is 33.8 Å². The van der Waals surface area contributed by atoms with Crippen LogP contribution in [0.25, 0.3) is 0 Å². The number of aromatic nitrogens is 2. The van der Waals surface area contributed by atoms with E-state index in [0.717, 1.165) is 22.5 Å². The summed E-state index contributed by atoms with van der Waals surface area (Å²) in [4.78, 5) is 24.1. The van der Waals surface area contributed by atoms with Gasteiger partial charge in [0.15, 0.2) is 0 Å². The molecule has 2 aromatic rings. The number of anilines is 1. The van der Waals surface area contributed by atoms with E-state index >= 15 is 0 Å². The number of benzene rings is 1. The van der Waals surface area contributed by atoms with E-state index in [4.69, 9.17) is 11.6 Å². The maximum Gasteiger partial charge on any atom is 0.233 e. The number of rotatable bonds is 5. The topological polar surface area (TPSA) is 86.9 Å². The summed E-state index contributed by atoms with van der Waals surface area (Å²) in [7, 11) is 0. The van der Waals surface area contributed by atoms with Crippen LogP contribution < -0.4 is 10.6 Å². The number of nitrogens with zero attached hydrogens (tertiary/aromatic N) is 1. The van der Waals surface area contributed by atoms with Crippen molar-refractivity contribution >= 4 is 29.1 Å². The molecule has 1 heterocycles. The van der Waals surface area contributed by atoms with Gasteiger partial charge in [-0.3, -0.25) is 14.7 Å². The quantitative estimate of drug-likeness (QED) is 0.725. The van der Waals surface area contributed by atoms with Gasteiger partial charge in [-0.2, -0.15) is 5.10 Å². The first-order valence-corrected chi connectivity index (χ1v) is 8.02. The second kappa shape index (κ2) is 7.49. The highest BCUT2D eigenvalue weighted by atomic mass is 35.5. The molecule has 3 N–H and O–H groups in total. The van der Waals surface area contributed by atoms with Gasteiger partial charge in [0.25, 0.3) is 0 Å². The van der Waals surface area contributed by atoms with Crippen LogP contribution in [-0.2, 0) is 9.59 Å². The third-order valence-corrected chi connectivity index (χ3v) is 4.03. The second-order valence-corrected chi connectivity index (χ2v) is 6.26. The molecule has 0 aliphatic heterocycles. The largest absolute Gasteiger partial charge is 0.349 e. The molecule has 1 aromatic carbocycles. The summed E-state index contributed by atoms with van der Waals surface area (Å²) >= 11 is 5.92. The molecule has 0 saturated carbocycles. The van der Waals surface area contributed by atoms with Crippen molar-refractivity contribution in [1.82, 2.24) is 15.5 Å². The van der Waals surface area contributed by atoms with Gasteiger partial charge in [-0.15, -0.1) is 0 Å².